The molecule has 0 atom stereocenters. The van der Waals surface area contributed by atoms with Gasteiger partial charge in [-0.3, -0.25) is 4.79 Å². The lowest BCUT2D eigenvalue weighted by Gasteiger charge is -2.03. The lowest BCUT2D eigenvalue weighted by atomic mass is 10.2. The molecule has 2 N–H and O–H groups in total. The van der Waals surface area contributed by atoms with Gasteiger partial charge in [0.15, 0.2) is 0 Å². The normalized spacial score (nSPS) is 10.8. The van der Waals surface area contributed by atoms with Crippen molar-refractivity contribution in [2.45, 2.75) is 0 Å². The van der Waals surface area contributed by atoms with E-state index in [9.17, 15) is 9.90 Å². The zero-order valence-electron chi connectivity index (χ0n) is 10.5. The van der Waals surface area contributed by atoms with Gasteiger partial charge in [0.05, 0.1) is 18.9 Å². The largest absolute Gasteiger partial charge is 0.506 e. The minimum absolute atomic E-state index is 0.255. The molecule has 0 aromatic heterocycles. The van der Waals surface area contributed by atoms with Crippen LogP contribution in [0.5, 0.6) is 5.75 Å². The third-order valence-corrected chi connectivity index (χ3v) is 4.87. The third kappa shape index (κ3) is 4.39. The number of phenols is 1. The first kappa shape index (κ1) is 16.7. The number of carbonyl (C=O) groups is 1. The molecule has 0 aliphatic carbocycles. The van der Waals surface area contributed by atoms with E-state index in [-0.39, 0.29) is 11.7 Å². The number of hydrazone groups is 1. The van der Waals surface area contributed by atoms with Crippen LogP contribution in [0, 0.1) is 7.14 Å². The zero-order chi connectivity index (χ0) is 15.4. The summed E-state index contributed by atoms with van der Waals surface area (Å²) in [7, 11) is 0. The Kier molecular flexibility index (Phi) is 5.99. The first-order valence-electron chi connectivity index (χ1n) is 5.75. The SMILES string of the molecule is O=C(N/N=C\c1cc(I)c(O)c(I)c1)c1ccccc1Br. The van der Waals surface area contributed by atoms with E-state index in [0.29, 0.717) is 10.0 Å². The standard InChI is InChI=1S/C14H9BrI2N2O2/c15-10-4-2-1-3-9(10)14(21)19-18-7-8-5-11(16)13(20)12(17)6-8/h1-7,20H,(H,19,21)/b18-7-. The van der Waals surface area contributed by atoms with Gasteiger partial charge in [-0.25, -0.2) is 5.43 Å². The molecule has 21 heavy (non-hydrogen) atoms. The smallest absolute Gasteiger partial charge is 0.272 e. The summed E-state index contributed by atoms with van der Waals surface area (Å²) in [5.74, 6) is -0.0347. The molecule has 4 nitrogen and oxygen atoms in total. The van der Waals surface area contributed by atoms with E-state index in [1.54, 1.807) is 36.5 Å². The predicted octanol–water partition coefficient (Wildman–Crippen LogP) is 4.13. The highest BCUT2D eigenvalue weighted by Gasteiger charge is 2.08. The van der Waals surface area contributed by atoms with Crippen LogP contribution in [0.25, 0.3) is 0 Å². The van der Waals surface area contributed by atoms with Gasteiger partial charge in [0.1, 0.15) is 5.75 Å². The minimum Gasteiger partial charge on any atom is -0.506 e. The molecule has 2 aromatic rings. The van der Waals surface area contributed by atoms with Gasteiger partial charge >= 0.3 is 0 Å². The van der Waals surface area contributed by atoms with Crippen LogP contribution >= 0.6 is 61.1 Å². The minimum atomic E-state index is -0.290. The number of hydrogen-bond acceptors (Lipinski definition) is 3. The first-order chi connectivity index (χ1) is 9.99. The maximum absolute atomic E-state index is 11.9. The fraction of sp³-hybridized carbons (Fsp3) is 0. The van der Waals surface area contributed by atoms with E-state index in [0.717, 1.165) is 12.7 Å². The molecule has 2 aromatic carbocycles. The van der Waals surface area contributed by atoms with Gasteiger partial charge in [-0.2, -0.15) is 5.10 Å². The molecule has 0 saturated carbocycles. The van der Waals surface area contributed by atoms with E-state index in [1.165, 1.54) is 0 Å². The Morgan fingerprint density at radius 2 is 1.86 bits per heavy atom. The molecule has 108 valence electrons. The van der Waals surface area contributed by atoms with Crippen LogP contribution in [-0.4, -0.2) is 17.2 Å². The monoisotopic (exact) mass is 570 g/mol. The van der Waals surface area contributed by atoms with Gasteiger partial charge in [-0.15, -0.1) is 0 Å². The molecule has 0 unspecified atom stereocenters. The van der Waals surface area contributed by atoms with Crippen molar-refractivity contribution in [2.75, 3.05) is 0 Å². The van der Waals surface area contributed by atoms with Crippen LogP contribution in [0.1, 0.15) is 15.9 Å². The topological polar surface area (TPSA) is 61.7 Å². The molecule has 1 amide bonds. The second-order valence-corrected chi connectivity index (χ2v) is 7.19. The Labute approximate surface area is 157 Å². The Balaban J connectivity index is 2.10. The summed E-state index contributed by atoms with van der Waals surface area (Å²) in [6.07, 6.45) is 1.54. The molecular weight excluding hydrogens is 562 g/mol. The molecule has 0 fully saturated rings. The van der Waals surface area contributed by atoms with E-state index < -0.39 is 0 Å². The van der Waals surface area contributed by atoms with Crippen LogP contribution in [0.3, 0.4) is 0 Å². The van der Waals surface area contributed by atoms with E-state index in [4.69, 9.17) is 0 Å². The number of nitrogens with zero attached hydrogens (tertiary/aromatic N) is 1. The highest BCUT2D eigenvalue weighted by molar-refractivity contribution is 14.1. The Bertz CT molecular complexity index is 697. The summed E-state index contributed by atoms with van der Waals surface area (Å²) in [6.45, 7) is 0. The van der Waals surface area contributed by atoms with Crippen molar-refractivity contribution in [2.24, 2.45) is 5.10 Å². The average Bonchev–Trinajstić information content (AvgIpc) is 2.45. The van der Waals surface area contributed by atoms with Crippen LogP contribution in [0.4, 0.5) is 0 Å². The van der Waals surface area contributed by atoms with Crippen LogP contribution in [-0.2, 0) is 0 Å². The summed E-state index contributed by atoms with van der Waals surface area (Å²) < 4.78 is 2.18. The zero-order valence-corrected chi connectivity index (χ0v) is 16.4. The molecule has 0 heterocycles. The van der Waals surface area contributed by atoms with Crippen LogP contribution in [0.2, 0.25) is 0 Å². The Hall–Kier alpha value is -0.680. The number of carbonyl (C=O) groups excluding carboxylic acids is 1. The van der Waals surface area contributed by atoms with Crippen molar-refractivity contribution in [3.05, 3.63) is 59.1 Å². The Morgan fingerprint density at radius 3 is 2.48 bits per heavy atom. The fourth-order valence-electron chi connectivity index (χ4n) is 1.53. The van der Waals surface area contributed by atoms with Gasteiger partial charge < -0.3 is 5.11 Å². The van der Waals surface area contributed by atoms with E-state index in [1.807, 2.05) is 51.2 Å². The summed E-state index contributed by atoms with van der Waals surface area (Å²) in [5, 5.41) is 13.6. The van der Waals surface area contributed by atoms with E-state index >= 15 is 0 Å². The molecule has 0 saturated heterocycles. The second kappa shape index (κ2) is 7.54. The lowest BCUT2D eigenvalue weighted by molar-refractivity contribution is 0.0954. The van der Waals surface area contributed by atoms with Crippen molar-refractivity contribution in [3.8, 4) is 5.75 Å². The molecule has 0 aliphatic rings. The number of halogens is 3. The number of nitrogens with one attached hydrogen (secondary N) is 1. The maximum atomic E-state index is 11.9. The molecule has 7 heteroatoms. The maximum Gasteiger partial charge on any atom is 0.272 e. The highest BCUT2D eigenvalue weighted by Crippen LogP contribution is 2.26. The van der Waals surface area contributed by atoms with Gasteiger partial charge in [0.25, 0.3) is 5.91 Å². The van der Waals surface area contributed by atoms with Crippen molar-refractivity contribution >= 4 is 73.2 Å². The summed E-state index contributed by atoms with van der Waals surface area (Å²) in [5.41, 5.74) is 3.79. The van der Waals surface area contributed by atoms with E-state index in [2.05, 4.69) is 26.5 Å². The predicted molar refractivity (Wildman–Crippen MR) is 103 cm³/mol. The van der Waals surface area contributed by atoms with Gasteiger partial charge in [-0.1, -0.05) is 12.1 Å². The lowest BCUT2D eigenvalue weighted by Crippen LogP contribution is -2.18. The quantitative estimate of drug-likeness (QED) is 0.331. The molecule has 0 radical (unpaired) electrons. The van der Waals surface area contributed by atoms with Crippen molar-refractivity contribution in [3.63, 3.8) is 0 Å². The summed E-state index contributed by atoms with van der Waals surface area (Å²) in [6, 6.07) is 10.7. The highest BCUT2D eigenvalue weighted by atomic mass is 127. The molecule has 0 aliphatic heterocycles. The molecular formula is C14H9BrI2N2O2. The number of benzene rings is 2. The van der Waals surface area contributed by atoms with Crippen molar-refractivity contribution < 1.29 is 9.90 Å². The average molecular weight is 571 g/mol. The number of rotatable bonds is 3. The molecule has 0 bridgehead atoms. The summed E-state index contributed by atoms with van der Waals surface area (Å²) >= 11 is 7.41. The number of aromatic hydroxyl groups is 1. The van der Waals surface area contributed by atoms with Crippen LogP contribution in [0.15, 0.2) is 46.0 Å². The van der Waals surface area contributed by atoms with Gasteiger partial charge in [-0.05, 0) is 90.9 Å². The number of hydrogen-bond donors (Lipinski definition) is 2. The second-order valence-electron chi connectivity index (χ2n) is 4.01. The first-order valence-corrected chi connectivity index (χ1v) is 8.70. The van der Waals surface area contributed by atoms with Crippen molar-refractivity contribution in [1.82, 2.24) is 5.43 Å². The molecule has 0 spiro atoms. The van der Waals surface area contributed by atoms with Crippen molar-refractivity contribution in [1.29, 1.82) is 0 Å². The number of amides is 1. The van der Waals surface area contributed by atoms with Crippen LogP contribution < -0.4 is 5.43 Å². The fourth-order valence-corrected chi connectivity index (χ4v) is 3.81. The summed E-state index contributed by atoms with van der Waals surface area (Å²) in [4.78, 5) is 11.9. The van der Waals surface area contributed by atoms with Gasteiger partial charge in [0, 0.05) is 4.47 Å². The number of phenolic OH excluding ortho intramolecular Hbond substituents is 1. The van der Waals surface area contributed by atoms with Gasteiger partial charge in [0.2, 0.25) is 0 Å². The Morgan fingerprint density at radius 1 is 1.24 bits per heavy atom. The third-order valence-electron chi connectivity index (χ3n) is 2.54. The molecule has 2 rings (SSSR count).